The van der Waals surface area contributed by atoms with Gasteiger partial charge in [0, 0.05) is 17.1 Å². The SMILES string of the molecule is Cc1ccccc1-c1c[nH]c(=O)c2cc(C(=O)O)ccc12. The number of nitrogens with one attached hydrogen (secondary N) is 1. The molecule has 0 spiro atoms. The number of aryl methyl sites for hydroxylation is 1. The number of carboxylic acid groups (broad SMARTS) is 1. The summed E-state index contributed by atoms with van der Waals surface area (Å²) >= 11 is 0. The molecule has 0 atom stereocenters. The summed E-state index contributed by atoms with van der Waals surface area (Å²) in [5.41, 5.74) is 2.81. The van der Waals surface area contributed by atoms with Gasteiger partial charge >= 0.3 is 5.97 Å². The fourth-order valence-corrected chi connectivity index (χ4v) is 2.49. The first-order valence-electron chi connectivity index (χ1n) is 6.52. The van der Waals surface area contributed by atoms with Crippen molar-refractivity contribution in [1.82, 2.24) is 4.98 Å². The van der Waals surface area contributed by atoms with E-state index in [2.05, 4.69) is 4.98 Å². The Morgan fingerprint density at radius 2 is 1.81 bits per heavy atom. The fourth-order valence-electron chi connectivity index (χ4n) is 2.49. The third kappa shape index (κ3) is 2.21. The topological polar surface area (TPSA) is 70.2 Å². The molecule has 0 radical (unpaired) electrons. The van der Waals surface area contributed by atoms with Gasteiger partial charge in [-0.15, -0.1) is 0 Å². The maximum absolute atomic E-state index is 12.0. The Balaban J connectivity index is 2.36. The Labute approximate surface area is 120 Å². The number of carbonyl (C=O) groups is 1. The van der Waals surface area contributed by atoms with Crippen LogP contribution in [-0.2, 0) is 0 Å². The van der Waals surface area contributed by atoms with Gasteiger partial charge in [0.15, 0.2) is 0 Å². The molecule has 0 saturated carbocycles. The van der Waals surface area contributed by atoms with E-state index in [4.69, 9.17) is 5.11 Å². The summed E-state index contributed by atoms with van der Waals surface area (Å²) in [6.07, 6.45) is 1.67. The van der Waals surface area contributed by atoms with Crippen LogP contribution in [0.4, 0.5) is 0 Å². The van der Waals surface area contributed by atoms with E-state index in [0.29, 0.717) is 5.39 Å². The third-order valence-electron chi connectivity index (χ3n) is 3.58. The van der Waals surface area contributed by atoms with Crippen molar-refractivity contribution in [3.63, 3.8) is 0 Å². The maximum atomic E-state index is 12.0. The zero-order valence-corrected chi connectivity index (χ0v) is 11.4. The minimum Gasteiger partial charge on any atom is -0.478 e. The van der Waals surface area contributed by atoms with Gasteiger partial charge in [0.05, 0.1) is 5.56 Å². The molecule has 1 heterocycles. The number of aromatic amines is 1. The van der Waals surface area contributed by atoms with Crippen LogP contribution in [-0.4, -0.2) is 16.1 Å². The van der Waals surface area contributed by atoms with Gasteiger partial charge in [-0.05, 0) is 35.6 Å². The lowest BCUT2D eigenvalue weighted by Crippen LogP contribution is -2.08. The Morgan fingerprint density at radius 1 is 1.05 bits per heavy atom. The Kier molecular flexibility index (Phi) is 3.06. The summed E-state index contributed by atoms with van der Waals surface area (Å²) in [6.45, 7) is 2.00. The smallest absolute Gasteiger partial charge is 0.335 e. The van der Waals surface area contributed by atoms with Crippen molar-refractivity contribution in [1.29, 1.82) is 0 Å². The van der Waals surface area contributed by atoms with Crippen LogP contribution in [0, 0.1) is 6.92 Å². The summed E-state index contributed by atoms with van der Waals surface area (Å²) in [7, 11) is 0. The van der Waals surface area contributed by atoms with Crippen molar-refractivity contribution in [3.8, 4) is 11.1 Å². The van der Waals surface area contributed by atoms with Crippen LogP contribution in [0.15, 0.2) is 53.5 Å². The molecule has 0 unspecified atom stereocenters. The van der Waals surface area contributed by atoms with Crippen LogP contribution in [0.1, 0.15) is 15.9 Å². The minimum absolute atomic E-state index is 0.106. The van der Waals surface area contributed by atoms with Crippen LogP contribution >= 0.6 is 0 Å². The first kappa shape index (κ1) is 13.1. The zero-order valence-electron chi connectivity index (χ0n) is 11.4. The molecule has 0 saturated heterocycles. The van der Waals surface area contributed by atoms with Gasteiger partial charge in [-0.2, -0.15) is 0 Å². The number of fused-ring (bicyclic) bond motifs is 1. The highest BCUT2D eigenvalue weighted by atomic mass is 16.4. The van der Waals surface area contributed by atoms with E-state index in [9.17, 15) is 9.59 Å². The van der Waals surface area contributed by atoms with Crippen molar-refractivity contribution in [2.75, 3.05) is 0 Å². The predicted octanol–water partition coefficient (Wildman–Crippen LogP) is 3.20. The minimum atomic E-state index is -1.04. The molecule has 1 aromatic heterocycles. The second-order valence-electron chi connectivity index (χ2n) is 4.91. The first-order chi connectivity index (χ1) is 10.1. The van der Waals surface area contributed by atoms with E-state index in [0.717, 1.165) is 22.1 Å². The molecule has 4 nitrogen and oxygen atoms in total. The molecule has 104 valence electrons. The van der Waals surface area contributed by atoms with Crippen LogP contribution in [0.5, 0.6) is 0 Å². The number of hydrogen-bond acceptors (Lipinski definition) is 2. The molecule has 0 aliphatic rings. The van der Waals surface area contributed by atoms with Crippen LogP contribution in [0.3, 0.4) is 0 Å². The third-order valence-corrected chi connectivity index (χ3v) is 3.58. The van der Waals surface area contributed by atoms with Gasteiger partial charge in [0.2, 0.25) is 0 Å². The molecular weight excluding hydrogens is 266 g/mol. The molecule has 0 aliphatic heterocycles. The molecule has 0 amide bonds. The molecule has 2 N–H and O–H groups in total. The van der Waals surface area contributed by atoms with E-state index in [1.165, 1.54) is 12.1 Å². The number of aromatic carboxylic acids is 1. The number of H-pyrrole nitrogens is 1. The first-order valence-corrected chi connectivity index (χ1v) is 6.52. The van der Waals surface area contributed by atoms with Crippen molar-refractivity contribution in [2.24, 2.45) is 0 Å². The lowest BCUT2D eigenvalue weighted by atomic mass is 9.96. The Morgan fingerprint density at radius 3 is 2.52 bits per heavy atom. The van der Waals surface area contributed by atoms with Gasteiger partial charge in [-0.1, -0.05) is 30.3 Å². The van der Waals surface area contributed by atoms with Crippen molar-refractivity contribution in [2.45, 2.75) is 6.92 Å². The van der Waals surface area contributed by atoms with E-state index >= 15 is 0 Å². The molecule has 0 bridgehead atoms. The van der Waals surface area contributed by atoms with E-state index in [-0.39, 0.29) is 11.1 Å². The zero-order chi connectivity index (χ0) is 15.0. The van der Waals surface area contributed by atoms with Gasteiger partial charge in [-0.3, -0.25) is 4.79 Å². The summed E-state index contributed by atoms with van der Waals surface area (Å²) in [6, 6.07) is 12.5. The highest BCUT2D eigenvalue weighted by molar-refractivity contribution is 6.00. The molecular formula is C17H13NO3. The second kappa shape index (κ2) is 4.90. The summed E-state index contributed by atoms with van der Waals surface area (Å²) in [5, 5.41) is 10.2. The molecule has 2 aromatic carbocycles. The van der Waals surface area contributed by atoms with Crippen LogP contribution in [0.25, 0.3) is 21.9 Å². The molecule has 0 aliphatic carbocycles. The lowest BCUT2D eigenvalue weighted by molar-refractivity contribution is 0.0697. The van der Waals surface area contributed by atoms with Gasteiger partial charge in [-0.25, -0.2) is 4.79 Å². The van der Waals surface area contributed by atoms with Gasteiger partial charge in [0.25, 0.3) is 5.56 Å². The van der Waals surface area contributed by atoms with E-state index in [1.54, 1.807) is 12.3 Å². The molecule has 0 fully saturated rings. The number of aromatic nitrogens is 1. The molecule has 3 aromatic rings. The number of hydrogen-bond donors (Lipinski definition) is 2. The largest absolute Gasteiger partial charge is 0.478 e. The molecule has 3 rings (SSSR count). The number of pyridine rings is 1. The fraction of sp³-hybridized carbons (Fsp3) is 0.0588. The highest BCUT2D eigenvalue weighted by Crippen LogP contribution is 2.29. The van der Waals surface area contributed by atoms with Crippen molar-refractivity contribution in [3.05, 3.63) is 70.1 Å². The predicted molar refractivity (Wildman–Crippen MR) is 81.7 cm³/mol. The average molecular weight is 279 g/mol. The van der Waals surface area contributed by atoms with Gasteiger partial charge < -0.3 is 10.1 Å². The second-order valence-corrected chi connectivity index (χ2v) is 4.91. The maximum Gasteiger partial charge on any atom is 0.335 e. The normalized spacial score (nSPS) is 10.7. The van der Waals surface area contributed by atoms with E-state index in [1.807, 2.05) is 31.2 Å². The van der Waals surface area contributed by atoms with Crippen LogP contribution in [0.2, 0.25) is 0 Å². The summed E-state index contributed by atoms with van der Waals surface area (Å²) in [5.74, 6) is -1.04. The standard InChI is InChI=1S/C17H13NO3/c1-10-4-2-3-5-12(10)15-9-18-16(19)14-8-11(17(20)21)6-7-13(14)15/h2-9H,1H3,(H,18,19)(H,20,21). The van der Waals surface area contributed by atoms with E-state index < -0.39 is 5.97 Å². The quantitative estimate of drug-likeness (QED) is 0.756. The summed E-state index contributed by atoms with van der Waals surface area (Å²) < 4.78 is 0. The monoisotopic (exact) mass is 279 g/mol. The number of carboxylic acids is 1. The summed E-state index contributed by atoms with van der Waals surface area (Å²) in [4.78, 5) is 25.7. The number of rotatable bonds is 2. The Bertz CT molecular complexity index is 909. The highest BCUT2D eigenvalue weighted by Gasteiger charge is 2.11. The van der Waals surface area contributed by atoms with Crippen molar-refractivity contribution >= 4 is 16.7 Å². The molecule has 4 heteroatoms. The van der Waals surface area contributed by atoms with Crippen molar-refractivity contribution < 1.29 is 9.90 Å². The average Bonchev–Trinajstić information content (AvgIpc) is 2.48. The lowest BCUT2D eigenvalue weighted by Gasteiger charge is -2.09. The Hall–Kier alpha value is -2.88. The van der Waals surface area contributed by atoms with Crippen LogP contribution < -0.4 is 5.56 Å². The molecule has 21 heavy (non-hydrogen) atoms. The van der Waals surface area contributed by atoms with Gasteiger partial charge in [0.1, 0.15) is 0 Å². The number of benzene rings is 2.